The molecule has 2 aromatic carbocycles. The van der Waals surface area contributed by atoms with Crippen molar-refractivity contribution in [2.24, 2.45) is 0 Å². The van der Waals surface area contributed by atoms with Crippen molar-refractivity contribution in [3.05, 3.63) is 83.7 Å². The molecule has 1 aliphatic rings. The highest BCUT2D eigenvalue weighted by Crippen LogP contribution is 2.33. The molecule has 2 heterocycles. The number of nitrogens with zero attached hydrogens (tertiary/aromatic N) is 4. The summed E-state index contributed by atoms with van der Waals surface area (Å²) in [4.78, 5) is 24.7. The second-order valence-electron chi connectivity index (χ2n) is 9.70. The molecule has 0 unspecified atom stereocenters. The molecule has 1 aliphatic carbocycles. The lowest BCUT2D eigenvalue weighted by Gasteiger charge is -2.32. The van der Waals surface area contributed by atoms with E-state index in [0.29, 0.717) is 23.8 Å². The molecule has 0 aliphatic heterocycles. The molecule has 7 nitrogen and oxygen atoms in total. The van der Waals surface area contributed by atoms with Gasteiger partial charge in [-0.1, -0.05) is 55.7 Å². The molecule has 198 valence electrons. The second kappa shape index (κ2) is 11.3. The van der Waals surface area contributed by atoms with Gasteiger partial charge in [-0.2, -0.15) is 4.31 Å². The molecule has 9 heteroatoms. The van der Waals surface area contributed by atoms with Crippen molar-refractivity contribution in [3.63, 3.8) is 0 Å². The number of aromatic nitrogens is 2. The van der Waals surface area contributed by atoms with Gasteiger partial charge in [-0.15, -0.1) is 0 Å². The van der Waals surface area contributed by atoms with Crippen LogP contribution in [0.15, 0.2) is 71.9 Å². The first kappa shape index (κ1) is 26.5. The standard InChI is InChI=1S/C29H32N4O3S2/c1-3-33(24-11-5-4-6-12-24)38(35,36)25-16-14-23(15-17-25)28(34)32(20-22-10-8-18-30-19-22)29-31-27-21(2)9-7-13-26(27)37-29/h7-10,13-19,24H,3-6,11-12,20H2,1-2H3. The number of hydrogen-bond donors (Lipinski definition) is 0. The van der Waals surface area contributed by atoms with Gasteiger partial charge in [0.05, 0.1) is 21.7 Å². The zero-order valence-electron chi connectivity index (χ0n) is 21.7. The van der Waals surface area contributed by atoms with Gasteiger partial charge in [0.25, 0.3) is 5.91 Å². The number of hydrogen-bond acceptors (Lipinski definition) is 6. The summed E-state index contributed by atoms with van der Waals surface area (Å²) in [6, 6.07) is 16.1. The van der Waals surface area contributed by atoms with Gasteiger partial charge in [0.2, 0.25) is 10.0 Å². The Morgan fingerprint density at radius 2 is 1.79 bits per heavy atom. The van der Waals surface area contributed by atoms with E-state index in [1.165, 1.54) is 11.3 Å². The van der Waals surface area contributed by atoms with Crippen LogP contribution in [0.1, 0.15) is 60.5 Å². The van der Waals surface area contributed by atoms with Gasteiger partial charge in [-0.05, 0) is 67.3 Å². The Morgan fingerprint density at radius 3 is 2.45 bits per heavy atom. The Labute approximate surface area is 228 Å². The minimum absolute atomic E-state index is 0.0394. The van der Waals surface area contributed by atoms with Gasteiger partial charge in [0.1, 0.15) is 0 Å². The van der Waals surface area contributed by atoms with E-state index in [0.717, 1.165) is 53.4 Å². The van der Waals surface area contributed by atoms with Crippen LogP contribution in [0.5, 0.6) is 0 Å². The monoisotopic (exact) mass is 548 g/mol. The van der Waals surface area contributed by atoms with E-state index in [1.54, 1.807) is 45.9 Å². The molecule has 38 heavy (non-hydrogen) atoms. The number of amides is 1. The first-order valence-electron chi connectivity index (χ1n) is 13.1. The zero-order valence-corrected chi connectivity index (χ0v) is 23.3. The normalized spacial score (nSPS) is 14.7. The van der Waals surface area contributed by atoms with Crippen LogP contribution in [0.2, 0.25) is 0 Å². The Hall–Kier alpha value is -3.14. The summed E-state index contributed by atoms with van der Waals surface area (Å²) in [5, 5.41) is 0.592. The van der Waals surface area contributed by atoms with Gasteiger partial charge < -0.3 is 0 Å². The Kier molecular flexibility index (Phi) is 7.88. The smallest absolute Gasteiger partial charge is 0.260 e. The first-order valence-corrected chi connectivity index (χ1v) is 15.3. The van der Waals surface area contributed by atoms with Gasteiger partial charge in [0, 0.05) is 30.5 Å². The van der Waals surface area contributed by atoms with Crippen LogP contribution < -0.4 is 4.90 Å². The van der Waals surface area contributed by atoms with Gasteiger partial charge in [-0.25, -0.2) is 13.4 Å². The van der Waals surface area contributed by atoms with Crippen molar-refractivity contribution in [1.29, 1.82) is 0 Å². The maximum atomic E-state index is 13.8. The SMILES string of the molecule is CCN(C1CCCCC1)S(=O)(=O)c1ccc(C(=O)N(Cc2cccnc2)c2nc3c(C)cccc3s2)cc1. The number of carbonyl (C=O) groups is 1. The predicted octanol–water partition coefficient (Wildman–Crippen LogP) is 6.19. The van der Waals surface area contributed by atoms with Gasteiger partial charge in [-0.3, -0.25) is 14.7 Å². The summed E-state index contributed by atoms with van der Waals surface area (Å²) < 4.78 is 29.6. The molecular weight excluding hydrogens is 516 g/mol. The molecule has 1 fully saturated rings. The van der Waals surface area contributed by atoms with E-state index in [2.05, 4.69) is 4.98 Å². The fourth-order valence-electron chi connectivity index (χ4n) is 5.14. The fourth-order valence-corrected chi connectivity index (χ4v) is 7.88. The van der Waals surface area contributed by atoms with Crippen LogP contribution >= 0.6 is 11.3 Å². The largest absolute Gasteiger partial charge is 0.279 e. The van der Waals surface area contributed by atoms with Gasteiger partial charge >= 0.3 is 0 Å². The molecule has 0 atom stereocenters. The number of para-hydroxylation sites is 1. The fraction of sp³-hybridized carbons (Fsp3) is 0.345. The van der Waals surface area contributed by atoms with E-state index in [1.807, 2.05) is 44.2 Å². The number of thiazole rings is 1. The topological polar surface area (TPSA) is 83.5 Å². The highest BCUT2D eigenvalue weighted by atomic mass is 32.2. The lowest BCUT2D eigenvalue weighted by atomic mass is 9.95. The second-order valence-corrected chi connectivity index (χ2v) is 12.6. The van der Waals surface area contributed by atoms with Crippen LogP contribution in [0.4, 0.5) is 5.13 Å². The van der Waals surface area contributed by atoms with E-state index in [4.69, 9.17) is 4.98 Å². The summed E-state index contributed by atoms with van der Waals surface area (Å²) in [7, 11) is -3.65. The summed E-state index contributed by atoms with van der Waals surface area (Å²) >= 11 is 1.46. The predicted molar refractivity (Wildman–Crippen MR) is 152 cm³/mol. The van der Waals surface area contributed by atoms with Crippen molar-refractivity contribution < 1.29 is 13.2 Å². The number of sulfonamides is 1. The maximum absolute atomic E-state index is 13.8. The number of rotatable bonds is 8. The number of pyridine rings is 1. The maximum Gasteiger partial charge on any atom is 0.260 e. The molecular formula is C29H32N4O3S2. The van der Waals surface area contributed by atoms with Crippen molar-refractivity contribution in [2.75, 3.05) is 11.4 Å². The average molecular weight is 549 g/mol. The van der Waals surface area contributed by atoms with Crippen LogP contribution in [0.3, 0.4) is 0 Å². The van der Waals surface area contributed by atoms with E-state index < -0.39 is 10.0 Å². The lowest BCUT2D eigenvalue weighted by Crippen LogP contribution is -2.41. The number of carbonyl (C=O) groups excluding carboxylic acids is 1. The highest BCUT2D eigenvalue weighted by molar-refractivity contribution is 7.89. The van der Waals surface area contributed by atoms with Crippen LogP contribution in [0, 0.1) is 6.92 Å². The molecule has 2 aromatic heterocycles. The summed E-state index contributed by atoms with van der Waals surface area (Å²) in [6.07, 6.45) is 8.50. The average Bonchev–Trinajstić information content (AvgIpc) is 3.38. The Bertz CT molecular complexity index is 1510. The van der Waals surface area contributed by atoms with Crippen LogP contribution in [-0.2, 0) is 16.6 Å². The number of aryl methyl sites for hydroxylation is 1. The van der Waals surface area contributed by atoms with Crippen molar-refractivity contribution in [2.45, 2.75) is 63.4 Å². The third-order valence-electron chi connectivity index (χ3n) is 7.15. The first-order chi connectivity index (χ1) is 18.4. The summed E-state index contributed by atoms with van der Waals surface area (Å²) in [5.41, 5.74) is 3.21. The minimum atomic E-state index is -3.65. The van der Waals surface area contributed by atoms with Crippen molar-refractivity contribution >= 4 is 42.6 Å². The molecule has 0 saturated heterocycles. The van der Waals surface area contributed by atoms with Gasteiger partial charge in [0.15, 0.2) is 5.13 Å². The van der Waals surface area contributed by atoms with Crippen LogP contribution in [0.25, 0.3) is 10.2 Å². The minimum Gasteiger partial charge on any atom is -0.279 e. The number of anilines is 1. The number of fused-ring (bicyclic) bond motifs is 1. The molecule has 0 N–H and O–H groups in total. The van der Waals surface area contributed by atoms with Crippen LogP contribution in [-0.4, -0.2) is 41.2 Å². The molecule has 0 radical (unpaired) electrons. The quantitative estimate of drug-likeness (QED) is 0.262. The molecule has 0 bridgehead atoms. The zero-order chi connectivity index (χ0) is 26.7. The Morgan fingerprint density at radius 1 is 1.03 bits per heavy atom. The lowest BCUT2D eigenvalue weighted by molar-refractivity contribution is 0.0985. The third-order valence-corrected chi connectivity index (χ3v) is 10.2. The molecule has 0 spiro atoms. The highest BCUT2D eigenvalue weighted by Gasteiger charge is 2.31. The molecule has 4 aromatic rings. The van der Waals surface area contributed by atoms with E-state index in [9.17, 15) is 13.2 Å². The molecule has 1 amide bonds. The van der Waals surface area contributed by atoms with E-state index >= 15 is 0 Å². The number of benzene rings is 2. The third kappa shape index (κ3) is 5.36. The summed E-state index contributed by atoms with van der Waals surface area (Å²) in [6.45, 7) is 4.63. The Balaban J connectivity index is 1.45. The van der Waals surface area contributed by atoms with Crippen molar-refractivity contribution in [3.8, 4) is 0 Å². The molecule has 1 saturated carbocycles. The van der Waals surface area contributed by atoms with Crippen molar-refractivity contribution in [1.82, 2.24) is 14.3 Å². The molecule has 5 rings (SSSR count). The summed E-state index contributed by atoms with van der Waals surface area (Å²) in [5.74, 6) is -0.242. The van der Waals surface area contributed by atoms with E-state index in [-0.39, 0.29) is 16.8 Å².